The monoisotopic (exact) mass is 217 g/mol. The number of nitrogens with zero attached hydrogens (tertiary/aromatic N) is 1. The normalized spacial score (nSPS) is 14.0. The molecule has 0 saturated heterocycles. The summed E-state index contributed by atoms with van der Waals surface area (Å²) in [6, 6.07) is 5.33. The van der Waals surface area contributed by atoms with E-state index < -0.39 is 0 Å². The zero-order valence-corrected chi connectivity index (χ0v) is 8.53. The van der Waals surface area contributed by atoms with Crippen LogP contribution in [0.1, 0.15) is 11.1 Å². The number of ether oxygens (including phenoxy) is 1. The van der Waals surface area contributed by atoms with Crippen molar-refractivity contribution in [3.8, 4) is 17.0 Å². The Hall–Kier alpha value is -2.01. The summed E-state index contributed by atoms with van der Waals surface area (Å²) < 4.78 is 5.30. The second-order valence-electron chi connectivity index (χ2n) is 3.84. The molecule has 0 aliphatic carbocycles. The van der Waals surface area contributed by atoms with Gasteiger partial charge in [-0.15, -0.1) is 0 Å². The van der Waals surface area contributed by atoms with Crippen LogP contribution in [0, 0.1) is 0 Å². The molecule has 5 nitrogen and oxygen atoms in total. The number of nitrogens with one attached hydrogen (secondary N) is 1. The van der Waals surface area contributed by atoms with Crippen LogP contribution >= 0.6 is 0 Å². The molecule has 82 valence electrons. The Kier molecular flexibility index (Phi) is 1.87. The van der Waals surface area contributed by atoms with Crippen molar-refractivity contribution >= 4 is 5.82 Å². The fourth-order valence-electron chi connectivity index (χ4n) is 1.91. The summed E-state index contributed by atoms with van der Waals surface area (Å²) in [6.07, 6.45) is 0. The largest absolute Gasteiger partial charge is 0.507 e. The maximum atomic E-state index is 9.89. The molecule has 1 aliphatic rings. The van der Waals surface area contributed by atoms with Gasteiger partial charge in [0.05, 0.1) is 18.9 Å². The van der Waals surface area contributed by atoms with E-state index in [2.05, 4.69) is 10.2 Å². The van der Waals surface area contributed by atoms with Crippen LogP contribution in [0.3, 0.4) is 0 Å². The lowest BCUT2D eigenvalue weighted by atomic mass is 10.0. The van der Waals surface area contributed by atoms with Gasteiger partial charge in [-0.3, -0.25) is 5.10 Å². The Balaban J connectivity index is 2.14. The average molecular weight is 217 g/mol. The Morgan fingerprint density at radius 3 is 2.69 bits per heavy atom. The summed E-state index contributed by atoms with van der Waals surface area (Å²) in [5.41, 5.74) is 9.08. The van der Waals surface area contributed by atoms with Crippen LogP contribution in [-0.4, -0.2) is 15.3 Å². The second-order valence-corrected chi connectivity index (χ2v) is 3.84. The number of nitrogens with two attached hydrogens (primary N) is 1. The molecule has 4 N–H and O–H groups in total. The minimum atomic E-state index is 0.216. The van der Waals surface area contributed by atoms with E-state index in [0.717, 1.165) is 11.1 Å². The average Bonchev–Trinajstić information content (AvgIpc) is 2.84. The van der Waals surface area contributed by atoms with Crippen LogP contribution in [0.25, 0.3) is 11.3 Å². The maximum Gasteiger partial charge on any atom is 0.145 e. The molecule has 0 saturated carbocycles. The number of H-pyrrole nitrogens is 1. The topological polar surface area (TPSA) is 84.2 Å². The van der Waals surface area contributed by atoms with Gasteiger partial charge in [0, 0.05) is 11.6 Å². The highest BCUT2D eigenvalue weighted by atomic mass is 16.5. The van der Waals surface area contributed by atoms with Crippen molar-refractivity contribution in [2.45, 2.75) is 13.2 Å². The zero-order chi connectivity index (χ0) is 11.1. The van der Waals surface area contributed by atoms with Gasteiger partial charge in [0.2, 0.25) is 0 Å². The maximum absolute atomic E-state index is 9.89. The molecule has 0 unspecified atom stereocenters. The van der Waals surface area contributed by atoms with E-state index in [9.17, 15) is 5.11 Å². The number of phenolic OH excluding ortho intramolecular Hbond substituents is 1. The van der Waals surface area contributed by atoms with Crippen LogP contribution in [0.4, 0.5) is 5.82 Å². The van der Waals surface area contributed by atoms with Crippen molar-refractivity contribution in [1.82, 2.24) is 10.2 Å². The first-order valence-corrected chi connectivity index (χ1v) is 4.98. The number of fused-ring (bicyclic) bond motifs is 1. The van der Waals surface area contributed by atoms with Crippen molar-refractivity contribution in [1.29, 1.82) is 0 Å². The molecule has 0 radical (unpaired) electrons. The van der Waals surface area contributed by atoms with Gasteiger partial charge in [-0.05, 0) is 23.3 Å². The fraction of sp³-hybridized carbons (Fsp3) is 0.182. The number of phenols is 1. The van der Waals surface area contributed by atoms with Crippen molar-refractivity contribution in [3.63, 3.8) is 0 Å². The SMILES string of the molecule is Nc1cc(-c2cc3c(cc2O)COC3)[nH]n1. The molecule has 2 aromatic rings. The lowest BCUT2D eigenvalue weighted by molar-refractivity contribution is 0.134. The molecule has 1 aromatic heterocycles. The van der Waals surface area contributed by atoms with E-state index in [1.165, 1.54) is 0 Å². The van der Waals surface area contributed by atoms with Crippen LogP contribution in [0.2, 0.25) is 0 Å². The number of hydrogen-bond donors (Lipinski definition) is 3. The summed E-state index contributed by atoms with van der Waals surface area (Å²) in [5, 5.41) is 16.5. The summed E-state index contributed by atoms with van der Waals surface area (Å²) in [5.74, 6) is 0.624. The van der Waals surface area contributed by atoms with Gasteiger partial charge in [-0.1, -0.05) is 0 Å². The first-order chi connectivity index (χ1) is 7.74. The van der Waals surface area contributed by atoms with Gasteiger partial charge in [-0.2, -0.15) is 5.10 Å². The minimum absolute atomic E-state index is 0.216. The molecule has 16 heavy (non-hydrogen) atoms. The third kappa shape index (κ3) is 1.33. The van der Waals surface area contributed by atoms with Crippen molar-refractivity contribution < 1.29 is 9.84 Å². The number of aromatic amines is 1. The number of nitrogen functional groups attached to an aromatic ring is 1. The Morgan fingerprint density at radius 1 is 1.25 bits per heavy atom. The molecule has 3 rings (SSSR count). The molecule has 5 heteroatoms. The van der Waals surface area contributed by atoms with E-state index in [1.807, 2.05) is 6.07 Å². The predicted molar refractivity (Wildman–Crippen MR) is 58.6 cm³/mol. The molecule has 2 heterocycles. The fourth-order valence-corrected chi connectivity index (χ4v) is 1.91. The number of aromatic hydroxyl groups is 1. The summed E-state index contributed by atoms with van der Waals surface area (Å²) >= 11 is 0. The third-order valence-electron chi connectivity index (χ3n) is 2.72. The Morgan fingerprint density at radius 2 is 2.00 bits per heavy atom. The molecule has 0 bridgehead atoms. The van der Waals surface area contributed by atoms with Gasteiger partial charge < -0.3 is 15.6 Å². The van der Waals surface area contributed by atoms with Crippen molar-refractivity contribution in [3.05, 3.63) is 29.3 Å². The van der Waals surface area contributed by atoms with Gasteiger partial charge in [0.25, 0.3) is 0 Å². The highest BCUT2D eigenvalue weighted by Gasteiger charge is 2.16. The molecule has 0 amide bonds. The number of benzene rings is 1. The summed E-state index contributed by atoms with van der Waals surface area (Å²) in [7, 11) is 0. The van der Waals surface area contributed by atoms with Crippen molar-refractivity contribution in [2.75, 3.05) is 5.73 Å². The zero-order valence-electron chi connectivity index (χ0n) is 8.53. The van der Waals surface area contributed by atoms with Crippen LogP contribution in [-0.2, 0) is 18.0 Å². The first-order valence-electron chi connectivity index (χ1n) is 4.98. The van der Waals surface area contributed by atoms with Gasteiger partial charge >= 0.3 is 0 Å². The van der Waals surface area contributed by atoms with E-state index >= 15 is 0 Å². The summed E-state index contributed by atoms with van der Waals surface area (Å²) in [6.45, 7) is 1.15. The molecule has 0 fully saturated rings. The molecular weight excluding hydrogens is 206 g/mol. The van der Waals surface area contributed by atoms with Crippen LogP contribution < -0.4 is 5.73 Å². The molecular formula is C11H11N3O2. The van der Waals surface area contributed by atoms with Gasteiger partial charge in [0.1, 0.15) is 11.6 Å². The first kappa shape index (κ1) is 9.23. The van der Waals surface area contributed by atoms with Gasteiger partial charge in [-0.25, -0.2) is 0 Å². The molecule has 0 spiro atoms. The van der Waals surface area contributed by atoms with Crippen LogP contribution in [0.15, 0.2) is 18.2 Å². The smallest absolute Gasteiger partial charge is 0.145 e. The lowest BCUT2D eigenvalue weighted by Gasteiger charge is -2.04. The van der Waals surface area contributed by atoms with Gasteiger partial charge in [0.15, 0.2) is 0 Å². The van der Waals surface area contributed by atoms with E-state index in [-0.39, 0.29) is 5.75 Å². The highest BCUT2D eigenvalue weighted by Crippen LogP contribution is 2.34. The van der Waals surface area contributed by atoms with E-state index in [0.29, 0.717) is 30.3 Å². The quantitative estimate of drug-likeness (QED) is 0.674. The Bertz CT molecular complexity index is 548. The van der Waals surface area contributed by atoms with Crippen LogP contribution in [0.5, 0.6) is 5.75 Å². The third-order valence-corrected chi connectivity index (χ3v) is 2.72. The highest BCUT2D eigenvalue weighted by molar-refractivity contribution is 5.70. The standard InChI is InChI=1S/C11H11N3O2/c12-11-3-9(13-14-11)8-1-6-4-16-5-7(6)2-10(8)15/h1-3,15H,4-5H2,(H3,12,13,14). The van der Waals surface area contributed by atoms with Crippen molar-refractivity contribution in [2.24, 2.45) is 0 Å². The number of anilines is 1. The molecule has 0 atom stereocenters. The lowest BCUT2D eigenvalue weighted by Crippen LogP contribution is -1.86. The number of hydrogen-bond acceptors (Lipinski definition) is 4. The molecule has 1 aliphatic heterocycles. The molecule has 1 aromatic carbocycles. The van der Waals surface area contributed by atoms with E-state index in [4.69, 9.17) is 10.5 Å². The van der Waals surface area contributed by atoms with E-state index in [1.54, 1.807) is 12.1 Å². The Labute approximate surface area is 91.9 Å². The predicted octanol–water partition coefficient (Wildman–Crippen LogP) is 1.39. The number of rotatable bonds is 1. The second kappa shape index (κ2) is 3.24. The number of aromatic nitrogens is 2. The summed E-state index contributed by atoms with van der Waals surface area (Å²) in [4.78, 5) is 0. The minimum Gasteiger partial charge on any atom is -0.507 e.